The lowest BCUT2D eigenvalue weighted by atomic mass is 9.86. The van der Waals surface area contributed by atoms with Crippen LogP contribution in [0.1, 0.15) is 54.4 Å². The average Bonchev–Trinajstić information content (AvgIpc) is 3.04. The van der Waals surface area contributed by atoms with Gasteiger partial charge in [0.05, 0.1) is 6.42 Å². The van der Waals surface area contributed by atoms with E-state index in [4.69, 9.17) is 5.11 Å². The molecule has 5 nitrogen and oxygen atoms in total. The number of ketones is 1. The Balaban J connectivity index is 2.36. The second-order valence-corrected chi connectivity index (χ2v) is 6.33. The van der Waals surface area contributed by atoms with Gasteiger partial charge in [-0.05, 0) is 37.3 Å². The number of carbonyl (C=O) groups is 3. The Morgan fingerprint density at radius 1 is 1.08 bits per heavy atom. The van der Waals surface area contributed by atoms with Crippen molar-refractivity contribution in [3.05, 3.63) is 46.5 Å². The van der Waals surface area contributed by atoms with Gasteiger partial charge in [0.2, 0.25) is 0 Å². The maximum Gasteiger partial charge on any atom is 0.332 e. The highest BCUT2D eigenvalue weighted by Gasteiger charge is 2.28. The molecule has 0 unspecified atom stereocenters. The first-order valence-corrected chi connectivity index (χ1v) is 8.15. The van der Waals surface area contributed by atoms with E-state index in [1.807, 2.05) is 13.0 Å². The van der Waals surface area contributed by atoms with E-state index in [9.17, 15) is 19.5 Å². The Morgan fingerprint density at radius 2 is 1.75 bits per heavy atom. The molecule has 0 heterocycles. The molecule has 0 radical (unpaired) electrons. The Labute approximate surface area is 141 Å². The number of carboxylic acid groups (broad SMARTS) is 2. The molecule has 0 saturated heterocycles. The number of aryl methyl sites for hydroxylation is 1. The number of hydrogen-bond acceptors (Lipinski definition) is 3. The third-order valence-electron chi connectivity index (χ3n) is 4.51. The zero-order valence-corrected chi connectivity index (χ0v) is 13.7. The quantitative estimate of drug-likeness (QED) is 0.588. The topological polar surface area (TPSA) is 91.7 Å². The van der Waals surface area contributed by atoms with Crippen molar-refractivity contribution < 1.29 is 24.6 Å². The SMILES string of the molecule is Cc1cccc(C(=O)CC(=C(CC(=O)O)C(=O)O)C2CCCC2)c1. The van der Waals surface area contributed by atoms with Crippen molar-refractivity contribution in [2.24, 2.45) is 5.92 Å². The molecule has 2 rings (SSSR count). The van der Waals surface area contributed by atoms with Crippen molar-refractivity contribution in [2.45, 2.75) is 45.4 Å². The third kappa shape index (κ3) is 4.54. The Bertz CT molecular complexity index is 681. The summed E-state index contributed by atoms with van der Waals surface area (Å²) in [5.41, 5.74) is 1.85. The molecule has 1 aromatic carbocycles. The minimum absolute atomic E-state index is 0.00999. The highest BCUT2D eigenvalue weighted by Crippen LogP contribution is 2.36. The molecule has 0 aromatic heterocycles. The van der Waals surface area contributed by atoms with Gasteiger partial charge in [-0.2, -0.15) is 0 Å². The Hall–Kier alpha value is -2.43. The van der Waals surface area contributed by atoms with Crippen LogP contribution in [-0.2, 0) is 9.59 Å². The summed E-state index contributed by atoms with van der Waals surface area (Å²) in [7, 11) is 0. The van der Waals surface area contributed by atoms with Gasteiger partial charge in [-0.15, -0.1) is 0 Å². The van der Waals surface area contributed by atoms with Gasteiger partial charge in [0.25, 0.3) is 0 Å². The predicted molar refractivity (Wildman–Crippen MR) is 89.0 cm³/mol. The molecule has 1 saturated carbocycles. The second-order valence-electron chi connectivity index (χ2n) is 6.33. The molecule has 2 N–H and O–H groups in total. The molecular weight excluding hydrogens is 308 g/mol. The number of benzene rings is 1. The normalized spacial score (nSPS) is 15.9. The maximum atomic E-state index is 12.6. The zero-order valence-electron chi connectivity index (χ0n) is 13.7. The van der Waals surface area contributed by atoms with Crippen LogP contribution in [0.25, 0.3) is 0 Å². The fourth-order valence-corrected chi connectivity index (χ4v) is 3.34. The molecule has 0 aliphatic heterocycles. The lowest BCUT2D eigenvalue weighted by Crippen LogP contribution is -2.16. The van der Waals surface area contributed by atoms with E-state index in [0.717, 1.165) is 31.2 Å². The molecule has 1 fully saturated rings. The Morgan fingerprint density at radius 3 is 2.29 bits per heavy atom. The van der Waals surface area contributed by atoms with Gasteiger partial charge in [0.1, 0.15) is 0 Å². The van der Waals surface area contributed by atoms with E-state index < -0.39 is 18.4 Å². The zero-order chi connectivity index (χ0) is 17.7. The minimum Gasteiger partial charge on any atom is -0.481 e. The smallest absolute Gasteiger partial charge is 0.332 e. The van der Waals surface area contributed by atoms with Gasteiger partial charge in [-0.1, -0.05) is 36.6 Å². The number of allylic oxidation sites excluding steroid dienone is 1. The van der Waals surface area contributed by atoms with Crippen molar-refractivity contribution in [3.63, 3.8) is 0 Å². The molecule has 5 heteroatoms. The van der Waals surface area contributed by atoms with Gasteiger partial charge in [0, 0.05) is 17.6 Å². The molecule has 1 aromatic rings. The summed E-state index contributed by atoms with van der Waals surface area (Å²) in [5.74, 6) is -2.60. The van der Waals surface area contributed by atoms with Gasteiger partial charge < -0.3 is 10.2 Å². The fraction of sp³-hybridized carbons (Fsp3) is 0.421. The summed E-state index contributed by atoms with van der Waals surface area (Å²) in [4.78, 5) is 35.2. The number of aliphatic carboxylic acids is 2. The summed E-state index contributed by atoms with van der Waals surface area (Å²) in [6.07, 6.45) is 3.00. The van der Waals surface area contributed by atoms with Crippen LogP contribution in [0, 0.1) is 12.8 Å². The van der Waals surface area contributed by atoms with Crippen LogP contribution in [0.15, 0.2) is 35.4 Å². The Kier molecular flexibility index (Phi) is 5.90. The summed E-state index contributed by atoms with van der Waals surface area (Å²) in [6, 6.07) is 7.15. The highest BCUT2D eigenvalue weighted by molar-refractivity contribution is 6.00. The van der Waals surface area contributed by atoms with E-state index in [0.29, 0.717) is 11.1 Å². The van der Waals surface area contributed by atoms with Crippen molar-refractivity contribution in [2.75, 3.05) is 0 Å². The molecule has 0 spiro atoms. The molecule has 24 heavy (non-hydrogen) atoms. The van der Waals surface area contributed by atoms with E-state index in [1.54, 1.807) is 18.2 Å². The van der Waals surface area contributed by atoms with Crippen LogP contribution >= 0.6 is 0 Å². The molecule has 0 amide bonds. The first-order chi connectivity index (χ1) is 11.4. The largest absolute Gasteiger partial charge is 0.481 e. The van der Waals surface area contributed by atoms with Crippen molar-refractivity contribution in [1.82, 2.24) is 0 Å². The molecule has 0 bridgehead atoms. The van der Waals surface area contributed by atoms with Crippen LogP contribution < -0.4 is 0 Å². The number of carbonyl (C=O) groups excluding carboxylic acids is 1. The number of carboxylic acids is 2. The minimum atomic E-state index is -1.24. The molecular formula is C19H22O5. The molecule has 1 aliphatic rings. The third-order valence-corrected chi connectivity index (χ3v) is 4.51. The van der Waals surface area contributed by atoms with E-state index in [2.05, 4.69) is 0 Å². The van der Waals surface area contributed by atoms with Gasteiger partial charge >= 0.3 is 11.9 Å². The highest BCUT2D eigenvalue weighted by atomic mass is 16.4. The second kappa shape index (κ2) is 7.90. The maximum absolute atomic E-state index is 12.6. The van der Waals surface area contributed by atoms with Gasteiger partial charge in [0.15, 0.2) is 5.78 Å². The summed E-state index contributed by atoms with van der Waals surface area (Å²) in [5, 5.41) is 18.5. The van der Waals surface area contributed by atoms with Crippen LogP contribution in [-0.4, -0.2) is 27.9 Å². The van der Waals surface area contributed by atoms with Crippen LogP contribution in [0.3, 0.4) is 0 Å². The molecule has 0 atom stereocenters. The first-order valence-electron chi connectivity index (χ1n) is 8.15. The van der Waals surface area contributed by atoms with Crippen molar-refractivity contribution in [3.8, 4) is 0 Å². The summed E-state index contributed by atoms with van der Waals surface area (Å²) in [6.45, 7) is 1.89. The van der Waals surface area contributed by atoms with E-state index in [1.165, 1.54) is 0 Å². The fourth-order valence-electron chi connectivity index (χ4n) is 3.34. The van der Waals surface area contributed by atoms with Crippen LogP contribution in [0.5, 0.6) is 0 Å². The van der Waals surface area contributed by atoms with Gasteiger partial charge in [-0.3, -0.25) is 9.59 Å². The number of hydrogen-bond donors (Lipinski definition) is 2. The lowest BCUT2D eigenvalue weighted by molar-refractivity contribution is -0.139. The van der Waals surface area contributed by atoms with E-state index in [-0.39, 0.29) is 23.7 Å². The standard InChI is InChI=1S/C19H22O5/c1-12-5-4-8-14(9-12)17(20)10-15(13-6-2-3-7-13)16(19(23)24)11-18(21)22/h4-5,8-9,13H,2-3,6-7,10-11H2,1H3,(H,21,22)(H,23,24). The number of rotatable bonds is 7. The average molecular weight is 330 g/mol. The molecule has 128 valence electrons. The first kappa shape index (κ1) is 17.9. The number of Topliss-reactive ketones (excluding diaryl/α,β-unsaturated/α-hetero) is 1. The predicted octanol–water partition coefficient (Wildman–Crippen LogP) is 3.61. The van der Waals surface area contributed by atoms with Crippen LogP contribution in [0.4, 0.5) is 0 Å². The molecule has 1 aliphatic carbocycles. The van der Waals surface area contributed by atoms with E-state index >= 15 is 0 Å². The monoisotopic (exact) mass is 330 g/mol. The van der Waals surface area contributed by atoms with Crippen LogP contribution in [0.2, 0.25) is 0 Å². The summed E-state index contributed by atoms with van der Waals surface area (Å²) >= 11 is 0. The van der Waals surface area contributed by atoms with Crippen molar-refractivity contribution in [1.29, 1.82) is 0 Å². The summed E-state index contributed by atoms with van der Waals surface area (Å²) < 4.78 is 0. The van der Waals surface area contributed by atoms with Gasteiger partial charge in [-0.25, -0.2) is 4.79 Å². The van der Waals surface area contributed by atoms with Crippen molar-refractivity contribution >= 4 is 17.7 Å². The lowest BCUT2D eigenvalue weighted by Gasteiger charge is -2.18.